The van der Waals surface area contributed by atoms with Crippen molar-refractivity contribution in [2.75, 3.05) is 26.0 Å². The second-order valence-corrected chi connectivity index (χ2v) is 10.6. The monoisotopic (exact) mass is 486 g/mol. The maximum Gasteiger partial charge on any atom is 0.342 e. The number of carbonyl (C=O) groups is 1. The fraction of sp³-hybridized carbons (Fsp3) is 0.550. The zero-order valence-electron chi connectivity index (χ0n) is 17.7. The van der Waals surface area contributed by atoms with Crippen molar-refractivity contribution in [2.45, 2.75) is 49.1 Å². The molecule has 0 aliphatic carbocycles. The lowest BCUT2D eigenvalue weighted by molar-refractivity contribution is 0.00559. The Balaban J connectivity index is 1.70. The number of carbonyl (C=O) groups excluding carboxylic acids is 1. The van der Waals surface area contributed by atoms with Gasteiger partial charge in [-0.05, 0) is 37.6 Å². The Morgan fingerprint density at radius 2 is 2.06 bits per heavy atom. The van der Waals surface area contributed by atoms with Gasteiger partial charge in [-0.15, -0.1) is 11.6 Å². The molecule has 8 nitrogen and oxygen atoms in total. The lowest BCUT2D eigenvalue weighted by Crippen LogP contribution is -2.50. The summed E-state index contributed by atoms with van der Waals surface area (Å²) in [7, 11) is 1.78. The summed E-state index contributed by atoms with van der Waals surface area (Å²) in [5, 5.41) is 21.8. The van der Waals surface area contributed by atoms with Gasteiger partial charge in [0, 0.05) is 28.4 Å². The molecule has 1 aliphatic rings. The average Bonchev–Trinajstić information content (AvgIpc) is 3.37. The Kier molecular flexibility index (Phi) is 8.68. The van der Waals surface area contributed by atoms with Crippen LogP contribution in [0.5, 0.6) is 0 Å². The van der Waals surface area contributed by atoms with Gasteiger partial charge in [-0.3, -0.25) is 4.65 Å². The Morgan fingerprint density at radius 3 is 2.74 bits per heavy atom. The number of likely N-dealkylation sites (N-methyl/N-ethyl adjacent to an activating group) is 1. The summed E-state index contributed by atoms with van der Waals surface area (Å²) < 4.78 is 17.5. The van der Waals surface area contributed by atoms with Gasteiger partial charge in [0.05, 0.1) is 12.1 Å². The molecule has 0 spiro atoms. The molecule has 0 amide bonds. The first kappa shape index (κ1) is 24.4. The van der Waals surface area contributed by atoms with E-state index in [0.29, 0.717) is 21.5 Å². The second-order valence-electron chi connectivity index (χ2n) is 7.63. The second kappa shape index (κ2) is 11.0. The number of rotatable bonds is 10. The fourth-order valence-electron chi connectivity index (χ4n) is 3.33. The summed E-state index contributed by atoms with van der Waals surface area (Å²) in [6.07, 6.45) is 3.09. The predicted octanol–water partition coefficient (Wildman–Crippen LogP) is 3.86. The summed E-state index contributed by atoms with van der Waals surface area (Å²) in [6, 6.07) is 6.75. The molecule has 1 fully saturated rings. The van der Waals surface area contributed by atoms with Gasteiger partial charge in [0.25, 0.3) is 6.23 Å². The van der Waals surface area contributed by atoms with Crippen LogP contribution >= 0.6 is 22.9 Å². The zero-order chi connectivity index (χ0) is 22.4. The van der Waals surface area contributed by atoms with Crippen molar-refractivity contribution in [2.24, 2.45) is 0 Å². The third-order valence-electron chi connectivity index (χ3n) is 5.07. The first-order valence-electron chi connectivity index (χ1n) is 10.2. The topological polar surface area (TPSA) is 101 Å². The lowest BCUT2D eigenvalue weighted by Gasteiger charge is -2.38. The average molecular weight is 487 g/mol. The molecule has 0 saturated carbocycles. The van der Waals surface area contributed by atoms with Gasteiger partial charge in [0.2, 0.25) is 0 Å². The number of halogens is 1. The molecule has 170 valence electrons. The highest BCUT2D eigenvalue weighted by Gasteiger charge is 2.46. The van der Waals surface area contributed by atoms with E-state index in [1.807, 2.05) is 0 Å². The number of hydrogen-bond acceptors (Lipinski definition) is 8. The Bertz CT molecular complexity index is 869. The number of quaternary nitrogens is 1. The number of unbranched alkanes of at least 4 members (excludes halogenated alkanes) is 3. The van der Waals surface area contributed by atoms with E-state index in [-0.39, 0.29) is 18.3 Å². The Labute approximate surface area is 194 Å². The van der Waals surface area contributed by atoms with E-state index in [0.717, 1.165) is 42.6 Å². The smallest absolute Gasteiger partial charge is 0.342 e. The normalized spacial score (nSPS) is 22.5. The summed E-state index contributed by atoms with van der Waals surface area (Å²) >= 11 is 5.54. The SMILES string of the molecule is CCCCCC[S+]([O-])c1nnc([N+]2([O-])CN(C)CC2OC(=O)c2ccc(CCl)cc2)s1. The molecule has 0 bridgehead atoms. The number of esters is 1. The lowest BCUT2D eigenvalue weighted by atomic mass is 10.1. The van der Waals surface area contributed by atoms with Crippen molar-refractivity contribution in [3.05, 3.63) is 40.6 Å². The maximum atomic E-state index is 13.7. The molecule has 2 aromatic rings. The van der Waals surface area contributed by atoms with E-state index in [2.05, 4.69) is 17.1 Å². The molecule has 3 rings (SSSR count). The highest BCUT2D eigenvalue weighted by molar-refractivity contribution is 7.93. The Morgan fingerprint density at radius 1 is 1.32 bits per heavy atom. The number of hydrogen-bond donors (Lipinski definition) is 0. The molecule has 11 heteroatoms. The first-order chi connectivity index (χ1) is 14.9. The van der Waals surface area contributed by atoms with Crippen molar-refractivity contribution in [3.63, 3.8) is 0 Å². The highest BCUT2D eigenvalue weighted by atomic mass is 35.5. The number of aromatic nitrogens is 2. The summed E-state index contributed by atoms with van der Waals surface area (Å²) in [5.41, 5.74) is 1.23. The standard InChI is InChI=1S/C20H27ClN4O4S2/c1-3-4-5-6-11-31(28)20-23-22-19(30-20)25(27)14-24(2)13-17(25)29-18(26)16-9-7-15(12-21)8-10-16/h7-10,17H,3-6,11-14H2,1-2H3. The van der Waals surface area contributed by atoms with Gasteiger partial charge in [0.1, 0.15) is 12.4 Å². The number of nitrogens with zero attached hydrogens (tertiary/aromatic N) is 4. The number of hydroxylamine groups is 2. The zero-order valence-corrected chi connectivity index (χ0v) is 20.0. The third kappa shape index (κ3) is 5.95. The van der Waals surface area contributed by atoms with Crippen molar-refractivity contribution < 1.29 is 14.1 Å². The number of ether oxygens (including phenoxy) is 1. The minimum absolute atomic E-state index is 0.0703. The minimum atomic E-state index is -1.28. The van der Waals surface area contributed by atoms with E-state index < -0.39 is 28.0 Å². The van der Waals surface area contributed by atoms with Crippen LogP contribution in [-0.2, 0) is 21.8 Å². The van der Waals surface area contributed by atoms with Crippen LogP contribution in [-0.4, -0.2) is 57.9 Å². The largest absolute Gasteiger partial charge is 0.622 e. The van der Waals surface area contributed by atoms with Crippen molar-refractivity contribution in [3.8, 4) is 0 Å². The van der Waals surface area contributed by atoms with Crippen LogP contribution in [0.1, 0.15) is 48.5 Å². The maximum absolute atomic E-state index is 13.7. The summed E-state index contributed by atoms with van der Waals surface area (Å²) in [4.78, 5) is 14.4. The van der Waals surface area contributed by atoms with Crippen LogP contribution in [0.3, 0.4) is 0 Å². The van der Waals surface area contributed by atoms with Gasteiger partial charge >= 0.3 is 15.4 Å². The van der Waals surface area contributed by atoms with Crippen LogP contribution in [0.15, 0.2) is 28.6 Å². The first-order valence-corrected chi connectivity index (χ1v) is 12.9. The molecule has 31 heavy (non-hydrogen) atoms. The van der Waals surface area contributed by atoms with Crippen molar-refractivity contribution >= 4 is 45.2 Å². The van der Waals surface area contributed by atoms with Crippen molar-refractivity contribution in [1.82, 2.24) is 19.7 Å². The van der Waals surface area contributed by atoms with Crippen LogP contribution in [0.25, 0.3) is 0 Å². The molecule has 0 radical (unpaired) electrons. The van der Waals surface area contributed by atoms with Crippen LogP contribution < -0.4 is 4.65 Å². The molecular weight excluding hydrogens is 460 g/mol. The van der Waals surface area contributed by atoms with E-state index in [1.165, 1.54) is 0 Å². The van der Waals surface area contributed by atoms with Crippen LogP contribution in [0, 0.1) is 5.21 Å². The molecule has 3 atom stereocenters. The summed E-state index contributed by atoms with van der Waals surface area (Å²) in [5.74, 6) is 0.274. The molecule has 3 unspecified atom stereocenters. The van der Waals surface area contributed by atoms with E-state index in [4.69, 9.17) is 16.3 Å². The van der Waals surface area contributed by atoms with E-state index in [9.17, 15) is 14.6 Å². The molecule has 2 heterocycles. The quantitative estimate of drug-likeness (QED) is 0.125. The number of benzene rings is 1. The van der Waals surface area contributed by atoms with Crippen LogP contribution in [0.2, 0.25) is 0 Å². The van der Waals surface area contributed by atoms with Gasteiger partial charge in [-0.2, -0.15) is 0 Å². The van der Waals surface area contributed by atoms with E-state index >= 15 is 0 Å². The van der Waals surface area contributed by atoms with Gasteiger partial charge in [0.15, 0.2) is 0 Å². The Hall–Kier alpha value is -1.27. The van der Waals surface area contributed by atoms with Crippen molar-refractivity contribution in [1.29, 1.82) is 0 Å². The molecular formula is C20H27ClN4O4S2. The number of alkyl halides is 1. The molecule has 1 aliphatic heterocycles. The van der Waals surface area contributed by atoms with Gasteiger partial charge in [-0.1, -0.05) is 42.1 Å². The van der Waals surface area contributed by atoms with Gasteiger partial charge in [-0.25, -0.2) is 9.69 Å². The predicted molar refractivity (Wildman–Crippen MR) is 123 cm³/mol. The third-order valence-corrected chi connectivity index (χ3v) is 8.15. The molecule has 0 N–H and O–H groups in total. The molecule has 1 aromatic heterocycles. The fourth-order valence-corrected chi connectivity index (χ4v) is 5.77. The van der Waals surface area contributed by atoms with E-state index in [1.54, 1.807) is 36.2 Å². The highest BCUT2D eigenvalue weighted by Crippen LogP contribution is 2.35. The van der Waals surface area contributed by atoms with Crippen LogP contribution in [0.4, 0.5) is 5.13 Å². The van der Waals surface area contributed by atoms with Gasteiger partial charge < -0.3 is 14.5 Å². The molecule has 1 saturated heterocycles. The molecule has 1 aromatic carbocycles. The summed E-state index contributed by atoms with van der Waals surface area (Å²) in [6.45, 7) is 2.46. The minimum Gasteiger partial charge on any atom is -0.622 e.